The average Bonchev–Trinajstić information content (AvgIpc) is 2.00. The Bertz CT molecular complexity index is 188. The van der Waals surface area contributed by atoms with Crippen molar-refractivity contribution in [1.29, 1.82) is 0 Å². The Morgan fingerprint density at radius 1 is 1.20 bits per heavy atom. The van der Waals surface area contributed by atoms with Crippen LogP contribution in [0, 0.1) is 5.41 Å². The van der Waals surface area contributed by atoms with Crippen LogP contribution in [0.3, 0.4) is 0 Å². The van der Waals surface area contributed by atoms with Crippen LogP contribution in [0.1, 0.15) is 41.5 Å². The van der Waals surface area contributed by atoms with E-state index in [1.807, 2.05) is 20.8 Å². The number of rotatable bonds is 5. The molecule has 0 fully saturated rings. The van der Waals surface area contributed by atoms with Crippen molar-refractivity contribution in [3.8, 4) is 0 Å². The lowest BCUT2D eigenvalue weighted by Crippen LogP contribution is -2.45. The summed E-state index contributed by atoms with van der Waals surface area (Å²) in [4.78, 5) is 11.1. The quantitative estimate of drug-likeness (QED) is 0.717. The molecule has 0 bridgehead atoms. The Labute approximate surface area is 93.6 Å². The topological polar surface area (TPSA) is 47.7 Å². The first-order valence-corrected chi connectivity index (χ1v) is 5.40. The summed E-state index contributed by atoms with van der Waals surface area (Å²) in [6, 6.07) is 0. The maximum Gasteiger partial charge on any atom is 0.0918 e. The zero-order chi connectivity index (χ0) is 12.3. The standard InChI is InChI=1S/C11H26N2O2/c1-9(8-12)14-13(7)15-11(5,6)10(2,3)4/h9H,8,12H2,1-7H3. The highest BCUT2D eigenvalue weighted by Gasteiger charge is 2.36. The van der Waals surface area contributed by atoms with Gasteiger partial charge in [-0.3, -0.25) is 9.68 Å². The summed E-state index contributed by atoms with van der Waals surface area (Å²) in [6.45, 7) is 12.9. The lowest BCUT2D eigenvalue weighted by molar-refractivity contribution is -0.414. The maximum atomic E-state index is 5.73. The predicted octanol–water partition coefficient (Wildman–Crippen LogP) is 1.95. The van der Waals surface area contributed by atoms with E-state index in [4.69, 9.17) is 15.4 Å². The van der Waals surface area contributed by atoms with Gasteiger partial charge in [0, 0.05) is 13.6 Å². The van der Waals surface area contributed by atoms with Crippen molar-refractivity contribution in [2.75, 3.05) is 13.6 Å². The van der Waals surface area contributed by atoms with Gasteiger partial charge in [0.2, 0.25) is 0 Å². The SMILES string of the molecule is CC(CN)ON(C)OC(C)(C)C(C)(C)C. The van der Waals surface area contributed by atoms with Crippen molar-refractivity contribution in [2.45, 2.75) is 53.2 Å². The molecule has 0 rings (SSSR count). The molecule has 4 heteroatoms. The van der Waals surface area contributed by atoms with Crippen molar-refractivity contribution < 1.29 is 9.68 Å². The highest BCUT2D eigenvalue weighted by Crippen LogP contribution is 2.33. The molecule has 1 unspecified atom stereocenters. The first-order valence-electron chi connectivity index (χ1n) is 5.40. The molecule has 0 aliphatic rings. The van der Waals surface area contributed by atoms with Crippen molar-refractivity contribution >= 4 is 0 Å². The molecule has 0 spiro atoms. The number of nitrogens with zero attached hydrogens (tertiary/aromatic N) is 1. The summed E-state index contributed by atoms with van der Waals surface area (Å²) in [5.74, 6) is 0. The zero-order valence-electron chi connectivity index (χ0n) is 11.1. The van der Waals surface area contributed by atoms with Gasteiger partial charge in [-0.1, -0.05) is 26.0 Å². The average molecular weight is 218 g/mol. The van der Waals surface area contributed by atoms with Gasteiger partial charge in [-0.05, 0) is 26.2 Å². The van der Waals surface area contributed by atoms with Crippen LogP contribution in [-0.4, -0.2) is 30.5 Å². The monoisotopic (exact) mass is 218 g/mol. The summed E-state index contributed by atoms with van der Waals surface area (Å²) < 4.78 is 0. The Morgan fingerprint density at radius 2 is 1.67 bits per heavy atom. The number of hydroxylamine groups is 2. The first-order chi connectivity index (χ1) is 6.60. The number of hydrogen-bond donors (Lipinski definition) is 1. The van der Waals surface area contributed by atoms with Gasteiger partial charge in [-0.25, -0.2) is 0 Å². The second-order valence-electron chi connectivity index (χ2n) is 5.44. The summed E-state index contributed by atoms with van der Waals surface area (Å²) in [6.07, 6.45) is -0.0363. The third-order valence-corrected chi connectivity index (χ3v) is 2.82. The molecule has 15 heavy (non-hydrogen) atoms. The lowest BCUT2D eigenvalue weighted by atomic mass is 9.79. The van der Waals surface area contributed by atoms with Gasteiger partial charge in [0.25, 0.3) is 0 Å². The van der Waals surface area contributed by atoms with Gasteiger partial charge < -0.3 is 5.73 Å². The third-order valence-electron chi connectivity index (χ3n) is 2.82. The van der Waals surface area contributed by atoms with Gasteiger partial charge in [-0.15, -0.1) is 0 Å². The van der Waals surface area contributed by atoms with Crippen LogP contribution in [0.15, 0.2) is 0 Å². The van der Waals surface area contributed by atoms with E-state index in [0.717, 1.165) is 0 Å². The fourth-order valence-corrected chi connectivity index (χ4v) is 0.776. The molecule has 1 atom stereocenters. The van der Waals surface area contributed by atoms with Crippen LogP contribution < -0.4 is 5.73 Å². The van der Waals surface area contributed by atoms with E-state index in [-0.39, 0.29) is 17.1 Å². The van der Waals surface area contributed by atoms with E-state index in [2.05, 4.69) is 20.8 Å². The normalized spacial score (nSPS) is 15.8. The largest absolute Gasteiger partial charge is 0.328 e. The van der Waals surface area contributed by atoms with E-state index in [1.165, 1.54) is 5.23 Å². The van der Waals surface area contributed by atoms with Gasteiger partial charge in [0.1, 0.15) is 0 Å². The zero-order valence-corrected chi connectivity index (χ0v) is 11.1. The molecule has 2 N–H and O–H groups in total. The minimum Gasteiger partial charge on any atom is -0.328 e. The van der Waals surface area contributed by atoms with Crippen molar-refractivity contribution in [2.24, 2.45) is 11.1 Å². The Balaban J connectivity index is 4.22. The van der Waals surface area contributed by atoms with Crippen LogP contribution in [0.25, 0.3) is 0 Å². The Hall–Kier alpha value is -0.160. The Morgan fingerprint density at radius 3 is 2.00 bits per heavy atom. The minimum absolute atomic E-state index is 0.0363. The Kier molecular flexibility index (Phi) is 5.20. The highest BCUT2D eigenvalue weighted by atomic mass is 17.0. The van der Waals surface area contributed by atoms with Gasteiger partial charge in [0.15, 0.2) is 0 Å². The predicted molar refractivity (Wildman–Crippen MR) is 62.0 cm³/mol. The third kappa shape index (κ3) is 4.93. The fraction of sp³-hybridized carbons (Fsp3) is 1.00. The smallest absolute Gasteiger partial charge is 0.0918 e. The summed E-state index contributed by atoms with van der Waals surface area (Å²) >= 11 is 0. The van der Waals surface area contributed by atoms with Crippen LogP contribution in [0.2, 0.25) is 0 Å². The molecule has 92 valence electrons. The van der Waals surface area contributed by atoms with Crippen LogP contribution in [-0.2, 0) is 9.68 Å². The molecule has 0 amide bonds. The first kappa shape index (κ1) is 14.8. The molecule has 0 aliphatic heterocycles. The van der Waals surface area contributed by atoms with Crippen molar-refractivity contribution in [3.05, 3.63) is 0 Å². The summed E-state index contributed by atoms with van der Waals surface area (Å²) in [5, 5.41) is 1.41. The van der Waals surface area contributed by atoms with E-state index in [9.17, 15) is 0 Å². The van der Waals surface area contributed by atoms with Crippen molar-refractivity contribution in [3.63, 3.8) is 0 Å². The summed E-state index contributed by atoms with van der Waals surface area (Å²) in [5.41, 5.74) is 5.21. The molecule has 0 heterocycles. The second-order valence-corrected chi connectivity index (χ2v) is 5.44. The molecule has 0 saturated carbocycles. The maximum absolute atomic E-state index is 5.73. The molecule has 0 aromatic heterocycles. The van der Waals surface area contributed by atoms with Crippen LogP contribution >= 0.6 is 0 Å². The number of nitrogens with two attached hydrogens (primary N) is 1. The van der Waals surface area contributed by atoms with E-state index in [1.54, 1.807) is 7.05 Å². The van der Waals surface area contributed by atoms with Crippen LogP contribution in [0.5, 0.6) is 0 Å². The highest BCUT2D eigenvalue weighted by molar-refractivity contribution is 4.82. The molecule has 0 aromatic carbocycles. The molecular formula is C11H26N2O2. The molecule has 0 aliphatic carbocycles. The second kappa shape index (κ2) is 5.25. The molecule has 0 saturated heterocycles. The molecule has 4 nitrogen and oxygen atoms in total. The van der Waals surface area contributed by atoms with E-state index >= 15 is 0 Å². The van der Waals surface area contributed by atoms with E-state index in [0.29, 0.717) is 6.54 Å². The number of hydrogen-bond acceptors (Lipinski definition) is 4. The van der Waals surface area contributed by atoms with Crippen LogP contribution in [0.4, 0.5) is 0 Å². The lowest BCUT2D eigenvalue weighted by Gasteiger charge is -2.40. The molecule has 0 aromatic rings. The van der Waals surface area contributed by atoms with Gasteiger partial charge in [0.05, 0.1) is 11.7 Å². The minimum atomic E-state index is -0.296. The molecular weight excluding hydrogens is 192 g/mol. The van der Waals surface area contributed by atoms with Crippen molar-refractivity contribution in [1.82, 2.24) is 5.23 Å². The van der Waals surface area contributed by atoms with E-state index < -0.39 is 0 Å². The van der Waals surface area contributed by atoms with Gasteiger partial charge in [-0.2, -0.15) is 0 Å². The summed E-state index contributed by atoms with van der Waals surface area (Å²) in [7, 11) is 1.75. The molecule has 0 radical (unpaired) electrons. The fourth-order valence-electron chi connectivity index (χ4n) is 0.776. The van der Waals surface area contributed by atoms with Gasteiger partial charge >= 0.3 is 0 Å².